The second-order valence-corrected chi connectivity index (χ2v) is 7.30. The zero-order chi connectivity index (χ0) is 21.9. The van der Waals surface area contributed by atoms with Crippen molar-refractivity contribution in [2.75, 3.05) is 13.7 Å². The molecule has 7 heteroatoms. The van der Waals surface area contributed by atoms with Crippen molar-refractivity contribution in [3.8, 4) is 0 Å². The zero-order valence-electron chi connectivity index (χ0n) is 17.0. The number of ether oxygens (including phenoxy) is 2. The third-order valence-corrected chi connectivity index (χ3v) is 4.82. The number of alkyl carbamates (subject to hydrolysis) is 1. The van der Waals surface area contributed by atoms with E-state index in [9.17, 15) is 9.59 Å². The molecular weight excluding hydrogens is 448 g/mol. The number of nitrogens with one attached hydrogen (secondary N) is 2. The minimum absolute atomic E-state index is 0.0569. The fourth-order valence-electron chi connectivity index (χ4n) is 2.79. The Morgan fingerprint density at radius 1 is 1.13 bits per heavy atom. The van der Waals surface area contributed by atoms with Crippen LogP contribution in [0, 0.1) is 0 Å². The Balaban J connectivity index is 2.40. The quantitative estimate of drug-likeness (QED) is 0.315. The van der Waals surface area contributed by atoms with Gasteiger partial charge in [0.2, 0.25) is 0 Å². The second-order valence-electron chi connectivity index (χ2n) is 6.39. The Bertz CT molecular complexity index is 895. The van der Waals surface area contributed by atoms with Crippen molar-refractivity contribution in [1.82, 2.24) is 10.6 Å². The molecule has 158 valence electrons. The molecule has 1 atom stereocenters. The first-order valence-electron chi connectivity index (χ1n) is 9.32. The highest BCUT2D eigenvalue weighted by Gasteiger charge is 2.28. The highest BCUT2D eigenvalue weighted by molar-refractivity contribution is 9.10. The summed E-state index contributed by atoms with van der Waals surface area (Å²) in [5, 5.41) is 6.01. The molecule has 30 heavy (non-hydrogen) atoms. The number of esters is 1. The third kappa shape index (κ3) is 6.77. The fourth-order valence-corrected chi connectivity index (χ4v) is 3.06. The van der Waals surface area contributed by atoms with E-state index in [4.69, 9.17) is 9.47 Å². The van der Waals surface area contributed by atoms with Crippen molar-refractivity contribution in [1.29, 1.82) is 0 Å². The lowest BCUT2D eigenvalue weighted by Crippen LogP contribution is -2.34. The molecule has 0 aliphatic heterocycles. The Morgan fingerprint density at radius 3 is 2.40 bits per heavy atom. The van der Waals surface area contributed by atoms with E-state index in [0.29, 0.717) is 17.8 Å². The predicted octanol–water partition coefficient (Wildman–Crippen LogP) is 4.64. The largest absolute Gasteiger partial charge is 0.466 e. The molecule has 6 nitrogen and oxygen atoms in total. The number of methoxy groups -OCH3 is 1. The van der Waals surface area contributed by atoms with E-state index >= 15 is 0 Å². The van der Waals surface area contributed by atoms with Gasteiger partial charge in [0, 0.05) is 16.7 Å². The molecule has 2 N–H and O–H groups in total. The van der Waals surface area contributed by atoms with Gasteiger partial charge in [0.25, 0.3) is 0 Å². The SMILES string of the molecule is C=CCOC(=O)N[C@H](/C(C(=O)OC)=C(\C)NCc1ccccc1)c1ccc(Br)cc1. The van der Waals surface area contributed by atoms with E-state index in [1.54, 1.807) is 6.92 Å². The van der Waals surface area contributed by atoms with Gasteiger partial charge in [-0.3, -0.25) is 0 Å². The highest BCUT2D eigenvalue weighted by atomic mass is 79.9. The smallest absolute Gasteiger partial charge is 0.408 e. The van der Waals surface area contributed by atoms with E-state index < -0.39 is 18.1 Å². The van der Waals surface area contributed by atoms with E-state index in [1.165, 1.54) is 13.2 Å². The molecule has 2 aromatic carbocycles. The van der Waals surface area contributed by atoms with Crippen molar-refractivity contribution in [3.63, 3.8) is 0 Å². The van der Waals surface area contributed by atoms with Gasteiger partial charge in [-0.05, 0) is 30.2 Å². The Morgan fingerprint density at radius 2 is 1.80 bits per heavy atom. The monoisotopic (exact) mass is 472 g/mol. The third-order valence-electron chi connectivity index (χ3n) is 4.30. The molecule has 2 rings (SSSR count). The molecule has 1 amide bonds. The van der Waals surface area contributed by atoms with Gasteiger partial charge in [0.15, 0.2) is 0 Å². The first kappa shape index (κ1) is 23.2. The van der Waals surface area contributed by atoms with E-state index in [-0.39, 0.29) is 12.2 Å². The summed E-state index contributed by atoms with van der Waals surface area (Å²) in [6, 6.07) is 16.3. The summed E-state index contributed by atoms with van der Waals surface area (Å²) >= 11 is 3.40. The zero-order valence-corrected chi connectivity index (χ0v) is 18.6. The van der Waals surface area contributed by atoms with E-state index in [0.717, 1.165) is 10.0 Å². The van der Waals surface area contributed by atoms with Gasteiger partial charge >= 0.3 is 12.1 Å². The fraction of sp³-hybridized carbons (Fsp3) is 0.217. The number of hydrogen-bond donors (Lipinski definition) is 2. The summed E-state index contributed by atoms with van der Waals surface area (Å²) in [4.78, 5) is 25.0. The lowest BCUT2D eigenvalue weighted by Gasteiger charge is -2.23. The highest BCUT2D eigenvalue weighted by Crippen LogP contribution is 2.27. The van der Waals surface area contributed by atoms with Crippen LogP contribution in [0.1, 0.15) is 24.1 Å². The van der Waals surface area contributed by atoms with Gasteiger partial charge in [-0.15, -0.1) is 0 Å². The van der Waals surface area contributed by atoms with Crippen molar-refractivity contribution in [3.05, 3.63) is 94.1 Å². The number of allylic oxidation sites excluding steroid dienone is 1. The molecule has 0 aliphatic rings. The van der Waals surface area contributed by atoms with Crippen molar-refractivity contribution in [2.24, 2.45) is 0 Å². The summed E-state index contributed by atoms with van der Waals surface area (Å²) in [6.45, 7) is 5.88. The molecule has 0 saturated heterocycles. The molecule has 0 radical (unpaired) electrons. The summed E-state index contributed by atoms with van der Waals surface area (Å²) in [7, 11) is 1.31. The van der Waals surface area contributed by atoms with Crippen LogP contribution >= 0.6 is 15.9 Å². The number of benzene rings is 2. The Kier molecular flexibility index (Phi) is 9.15. The summed E-state index contributed by atoms with van der Waals surface area (Å²) in [6.07, 6.45) is 0.804. The maximum Gasteiger partial charge on any atom is 0.408 e. The van der Waals surface area contributed by atoms with Gasteiger partial charge in [-0.25, -0.2) is 9.59 Å². The molecule has 0 saturated carbocycles. The van der Waals surface area contributed by atoms with Gasteiger partial charge in [0.05, 0.1) is 18.7 Å². The van der Waals surface area contributed by atoms with Gasteiger partial charge in [0.1, 0.15) is 6.61 Å². The Labute approximate surface area is 185 Å². The van der Waals surface area contributed by atoms with Crippen LogP contribution in [0.3, 0.4) is 0 Å². The molecule has 0 unspecified atom stereocenters. The lowest BCUT2D eigenvalue weighted by molar-refractivity contribution is -0.136. The van der Waals surface area contributed by atoms with E-state index in [2.05, 4.69) is 33.1 Å². The van der Waals surface area contributed by atoms with Crippen LogP contribution in [0.2, 0.25) is 0 Å². The van der Waals surface area contributed by atoms with Crippen LogP contribution in [0.15, 0.2) is 83.0 Å². The number of rotatable bonds is 9. The maximum absolute atomic E-state index is 12.7. The van der Waals surface area contributed by atoms with E-state index in [1.807, 2.05) is 54.6 Å². The second kappa shape index (κ2) is 11.8. The van der Waals surface area contributed by atoms with Crippen LogP contribution in [0.5, 0.6) is 0 Å². The van der Waals surface area contributed by atoms with Crippen LogP contribution in [0.25, 0.3) is 0 Å². The van der Waals surface area contributed by atoms with Gasteiger partial charge in [-0.1, -0.05) is 71.0 Å². The first-order chi connectivity index (χ1) is 14.5. The molecular formula is C23H25BrN2O4. The first-order valence-corrected chi connectivity index (χ1v) is 10.1. The van der Waals surface area contributed by atoms with Crippen molar-refractivity contribution >= 4 is 28.0 Å². The van der Waals surface area contributed by atoms with Crippen LogP contribution in [-0.2, 0) is 20.8 Å². The molecule has 0 spiro atoms. The number of amides is 1. The standard InChI is InChI=1S/C23H25BrN2O4/c1-4-14-30-23(28)26-21(18-10-12-19(24)13-11-18)20(22(27)29-3)16(2)25-15-17-8-6-5-7-9-17/h4-13,21,25H,1,14-15H2,2-3H3,(H,26,28)/b20-16-/t21-/m0/s1. The predicted molar refractivity (Wildman–Crippen MR) is 120 cm³/mol. The average molecular weight is 473 g/mol. The minimum atomic E-state index is -0.772. The Hall–Kier alpha value is -3.06. The average Bonchev–Trinajstić information content (AvgIpc) is 2.76. The molecule has 0 fully saturated rings. The molecule has 0 aliphatic carbocycles. The number of carbonyl (C=O) groups excluding carboxylic acids is 2. The lowest BCUT2D eigenvalue weighted by atomic mass is 9.97. The number of hydrogen-bond acceptors (Lipinski definition) is 5. The molecule has 2 aromatic rings. The molecule has 0 heterocycles. The van der Waals surface area contributed by atoms with Crippen molar-refractivity contribution < 1.29 is 19.1 Å². The van der Waals surface area contributed by atoms with Crippen LogP contribution < -0.4 is 10.6 Å². The summed E-state index contributed by atoms with van der Waals surface area (Å²) < 4.78 is 11.0. The summed E-state index contributed by atoms with van der Waals surface area (Å²) in [5.74, 6) is -0.551. The normalized spacial score (nSPS) is 12.2. The van der Waals surface area contributed by atoms with Crippen molar-refractivity contribution in [2.45, 2.75) is 19.5 Å². The molecule has 0 bridgehead atoms. The number of halogens is 1. The number of carbonyl (C=O) groups is 2. The van der Waals surface area contributed by atoms with Crippen LogP contribution in [-0.4, -0.2) is 25.8 Å². The molecule has 0 aromatic heterocycles. The van der Waals surface area contributed by atoms with Crippen LogP contribution in [0.4, 0.5) is 4.79 Å². The van der Waals surface area contributed by atoms with Gasteiger partial charge in [-0.2, -0.15) is 0 Å². The maximum atomic E-state index is 12.7. The van der Waals surface area contributed by atoms with Gasteiger partial charge < -0.3 is 20.1 Å². The topological polar surface area (TPSA) is 76.7 Å². The summed E-state index contributed by atoms with van der Waals surface area (Å²) in [5.41, 5.74) is 2.63. The minimum Gasteiger partial charge on any atom is -0.466 e.